The third-order valence-corrected chi connectivity index (χ3v) is 4.60. The van der Waals surface area contributed by atoms with E-state index in [9.17, 15) is 4.79 Å². The molecule has 3 N–H and O–H groups in total. The summed E-state index contributed by atoms with van der Waals surface area (Å²) in [6.45, 7) is 7.82. The highest BCUT2D eigenvalue weighted by Crippen LogP contribution is 2.12. The zero-order valence-corrected chi connectivity index (χ0v) is 19.4. The predicted molar refractivity (Wildman–Crippen MR) is 120 cm³/mol. The molecule has 0 aliphatic heterocycles. The van der Waals surface area contributed by atoms with Crippen molar-refractivity contribution in [1.82, 2.24) is 4.90 Å². The number of aliphatic hydroxyl groups is 3. The van der Waals surface area contributed by atoms with Gasteiger partial charge in [0.1, 0.15) is 0 Å². The molecular weight excluding hydrogens is 370 g/mol. The van der Waals surface area contributed by atoms with Gasteiger partial charge < -0.3 is 20.1 Å². The van der Waals surface area contributed by atoms with Crippen LogP contribution in [0, 0.1) is 0 Å². The van der Waals surface area contributed by atoms with Gasteiger partial charge in [-0.2, -0.15) is 0 Å². The fraction of sp³-hybridized carbons (Fsp3) is 0.957. The van der Waals surface area contributed by atoms with Crippen molar-refractivity contribution < 1.29 is 24.9 Å². The van der Waals surface area contributed by atoms with Crippen molar-refractivity contribution in [3.63, 3.8) is 0 Å². The average Bonchev–Trinajstić information content (AvgIpc) is 2.67. The number of rotatable bonds is 19. The maximum Gasteiger partial charge on any atom is 0.306 e. The van der Waals surface area contributed by atoms with Gasteiger partial charge in [0, 0.05) is 26.1 Å². The fourth-order valence-corrected chi connectivity index (χ4v) is 3.02. The van der Waals surface area contributed by atoms with E-state index in [0.717, 1.165) is 6.42 Å². The summed E-state index contributed by atoms with van der Waals surface area (Å²) in [5.41, 5.74) is 0. The Morgan fingerprint density at radius 2 is 1.10 bits per heavy atom. The molecule has 29 heavy (non-hydrogen) atoms. The molecule has 0 aromatic heterocycles. The van der Waals surface area contributed by atoms with Crippen molar-refractivity contribution in [2.45, 2.75) is 104 Å². The Balaban J connectivity index is 0. The summed E-state index contributed by atoms with van der Waals surface area (Å²) in [6.07, 6.45) is 15.1. The molecule has 0 aromatic carbocycles. The Morgan fingerprint density at radius 1 is 0.724 bits per heavy atom. The van der Waals surface area contributed by atoms with Gasteiger partial charge in [-0.3, -0.25) is 9.69 Å². The van der Waals surface area contributed by atoms with Crippen LogP contribution in [0.15, 0.2) is 0 Å². The lowest BCUT2D eigenvalue weighted by Crippen LogP contribution is -2.32. The topological polar surface area (TPSA) is 90.2 Å². The van der Waals surface area contributed by atoms with Gasteiger partial charge in [-0.1, -0.05) is 71.1 Å². The molecule has 0 aliphatic carbocycles. The molecule has 0 atom stereocenters. The number of unbranched alkanes of at least 4 members (excludes halogenated alkanes) is 10. The third kappa shape index (κ3) is 27.3. The molecule has 6 heteroatoms. The Bertz CT molecular complexity index is 312. The smallest absolute Gasteiger partial charge is 0.306 e. The highest BCUT2D eigenvalue weighted by molar-refractivity contribution is 5.69. The van der Waals surface area contributed by atoms with E-state index >= 15 is 0 Å². The molecular formula is C23H49NO5. The predicted octanol–water partition coefficient (Wildman–Crippen LogP) is 3.90. The van der Waals surface area contributed by atoms with Crippen LogP contribution in [0.2, 0.25) is 0 Å². The summed E-state index contributed by atoms with van der Waals surface area (Å²) < 4.78 is 5.10. The van der Waals surface area contributed by atoms with Crippen molar-refractivity contribution in [3.8, 4) is 0 Å². The number of hydrogen-bond acceptors (Lipinski definition) is 6. The normalized spacial score (nSPS) is 10.9. The van der Waals surface area contributed by atoms with Gasteiger partial charge in [0.25, 0.3) is 0 Å². The van der Waals surface area contributed by atoms with Crippen molar-refractivity contribution in [1.29, 1.82) is 0 Å². The summed E-state index contributed by atoms with van der Waals surface area (Å²) >= 11 is 0. The third-order valence-electron chi connectivity index (χ3n) is 4.60. The van der Waals surface area contributed by atoms with Crippen LogP contribution in [-0.2, 0) is 9.53 Å². The van der Waals surface area contributed by atoms with Gasteiger partial charge in [-0.15, -0.1) is 0 Å². The average molecular weight is 420 g/mol. The highest BCUT2D eigenvalue weighted by Gasteiger charge is 2.04. The van der Waals surface area contributed by atoms with Crippen LogP contribution in [0.3, 0.4) is 0 Å². The van der Waals surface area contributed by atoms with Gasteiger partial charge in [-0.05, 0) is 20.3 Å². The SMILES string of the molecule is CCCCCCCCCCCCCC(=O)OC(C)C.OCCN(CCO)CCO. The van der Waals surface area contributed by atoms with Crippen LogP contribution in [0.4, 0.5) is 0 Å². The van der Waals surface area contributed by atoms with Crippen LogP contribution in [0.1, 0.15) is 97.8 Å². The monoisotopic (exact) mass is 419 g/mol. The summed E-state index contributed by atoms with van der Waals surface area (Å²) in [7, 11) is 0. The molecule has 0 amide bonds. The first-order chi connectivity index (χ1) is 14.0. The minimum atomic E-state index is -0.0362. The fourth-order valence-electron chi connectivity index (χ4n) is 3.02. The first-order valence-corrected chi connectivity index (χ1v) is 11.8. The summed E-state index contributed by atoms with van der Waals surface area (Å²) in [5, 5.41) is 25.5. The van der Waals surface area contributed by atoms with Crippen molar-refractivity contribution >= 4 is 5.97 Å². The van der Waals surface area contributed by atoms with Crippen LogP contribution in [-0.4, -0.2) is 71.7 Å². The summed E-state index contributed by atoms with van der Waals surface area (Å²) in [5.74, 6) is -0.0362. The van der Waals surface area contributed by atoms with E-state index in [2.05, 4.69) is 6.92 Å². The minimum Gasteiger partial charge on any atom is -0.463 e. The van der Waals surface area contributed by atoms with Gasteiger partial charge >= 0.3 is 5.97 Å². The zero-order chi connectivity index (χ0) is 22.2. The molecule has 0 heterocycles. The van der Waals surface area contributed by atoms with Crippen molar-refractivity contribution in [2.75, 3.05) is 39.5 Å². The maximum atomic E-state index is 11.3. The van der Waals surface area contributed by atoms with E-state index in [-0.39, 0.29) is 31.9 Å². The molecule has 0 aromatic rings. The van der Waals surface area contributed by atoms with E-state index in [4.69, 9.17) is 20.1 Å². The molecule has 0 radical (unpaired) electrons. The lowest BCUT2D eigenvalue weighted by molar-refractivity contribution is -0.147. The molecule has 0 unspecified atom stereocenters. The van der Waals surface area contributed by atoms with E-state index in [0.29, 0.717) is 26.1 Å². The highest BCUT2D eigenvalue weighted by atomic mass is 16.5. The molecule has 6 nitrogen and oxygen atoms in total. The van der Waals surface area contributed by atoms with E-state index in [1.165, 1.54) is 64.2 Å². The Morgan fingerprint density at radius 3 is 1.45 bits per heavy atom. The van der Waals surface area contributed by atoms with E-state index < -0.39 is 0 Å². The van der Waals surface area contributed by atoms with Crippen molar-refractivity contribution in [2.24, 2.45) is 0 Å². The standard InChI is InChI=1S/C17H34O2.C6H15NO3/c1-4-5-6-7-8-9-10-11-12-13-14-15-17(18)19-16(2)3;8-4-1-7(2-5-9)3-6-10/h16H,4-15H2,1-3H3;8-10H,1-6H2. The number of aliphatic hydroxyl groups excluding tert-OH is 3. The lowest BCUT2D eigenvalue weighted by atomic mass is 10.1. The first-order valence-electron chi connectivity index (χ1n) is 11.8. The number of esters is 1. The number of carbonyl (C=O) groups excluding carboxylic acids is 1. The zero-order valence-electron chi connectivity index (χ0n) is 19.4. The second kappa shape index (κ2) is 25.3. The Hall–Kier alpha value is -0.690. The molecule has 0 saturated carbocycles. The molecule has 0 saturated heterocycles. The Kier molecular flexibility index (Phi) is 26.7. The lowest BCUT2D eigenvalue weighted by Gasteiger charge is -2.17. The van der Waals surface area contributed by atoms with Gasteiger partial charge in [0.15, 0.2) is 0 Å². The molecule has 0 spiro atoms. The van der Waals surface area contributed by atoms with Gasteiger partial charge in [-0.25, -0.2) is 0 Å². The minimum absolute atomic E-state index is 0.0280. The number of nitrogens with zero attached hydrogens (tertiary/aromatic N) is 1. The van der Waals surface area contributed by atoms with Gasteiger partial charge in [0.05, 0.1) is 25.9 Å². The quantitative estimate of drug-likeness (QED) is 0.217. The number of hydrogen-bond donors (Lipinski definition) is 3. The van der Waals surface area contributed by atoms with E-state index in [1.807, 2.05) is 13.8 Å². The first kappa shape index (κ1) is 30.5. The number of ether oxygens (including phenoxy) is 1. The molecule has 0 fully saturated rings. The molecule has 0 rings (SSSR count). The largest absolute Gasteiger partial charge is 0.463 e. The Labute approximate surface area is 179 Å². The van der Waals surface area contributed by atoms with E-state index in [1.54, 1.807) is 4.90 Å². The summed E-state index contributed by atoms with van der Waals surface area (Å²) in [4.78, 5) is 13.1. The second-order valence-corrected chi connectivity index (χ2v) is 7.84. The molecule has 176 valence electrons. The maximum absolute atomic E-state index is 11.3. The van der Waals surface area contributed by atoms with Crippen LogP contribution in [0.5, 0.6) is 0 Å². The van der Waals surface area contributed by atoms with Gasteiger partial charge in [0.2, 0.25) is 0 Å². The van der Waals surface area contributed by atoms with Crippen LogP contribution >= 0.6 is 0 Å². The van der Waals surface area contributed by atoms with Crippen LogP contribution < -0.4 is 0 Å². The molecule has 0 aliphatic rings. The molecule has 0 bridgehead atoms. The van der Waals surface area contributed by atoms with Crippen molar-refractivity contribution in [3.05, 3.63) is 0 Å². The van der Waals surface area contributed by atoms with Crippen LogP contribution in [0.25, 0.3) is 0 Å². The summed E-state index contributed by atoms with van der Waals surface area (Å²) in [6, 6.07) is 0. The number of carbonyl (C=O) groups is 1. The second-order valence-electron chi connectivity index (χ2n) is 7.84.